The van der Waals surface area contributed by atoms with E-state index in [1.54, 1.807) is 16.9 Å². The van der Waals surface area contributed by atoms with Gasteiger partial charge in [-0.3, -0.25) is 19.3 Å². The van der Waals surface area contributed by atoms with Gasteiger partial charge >= 0.3 is 0 Å². The number of rotatable bonds is 4. The number of fused-ring (bicyclic) bond motifs is 2. The summed E-state index contributed by atoms with van der Waals surface area (Å²) in [5.74, 6) is 0.467. The number of carbonyl (C=O) groups excluding carboxylic acids is 2. The first-order valence-electron chi connectivity index (χ1n) is 10.3. The lowest BCUT2D eigenvalue weighted by molar-refractivity contribution is 0.0886. The maximum Gasteiger partial charge on any atom is 0.272 e. The summed E-state index contributed by atoms with van der Waals surface area (Å²) in [6.07, 6.45) is 7.17. The normalized spacial score (nSPS) is 21.0. The van der Waals surface area contributed by atoms with Crippen molar-refractivity contribution in [3.05, 3.63) is 54.1 Å². The van der Waals surface area contributed by atoms with Crippen LogP contribution in [0.25, 0.3) is 10.8 Å². The van der Waals surface area contributed by atoms with Crippen LogP contribution in [0, 0.1) is 0 Å². The second kappa shape index (κ2) is 7.78. The monoisotopic (exact) mass is 405 g/mol. The van der Waals surface area contributed by atoms with Gasteiger partial charge in [-0.05, 0) is 37.8 Å². The number of hydrogen-bond donors (Lipinski definition) is 2. The minimum atomic E-state index is -0.226. The molecule has 0 spiro atoms. The molecule has 0 radical (unpaired) electrons. The predicted molar refractivity (Wildman–Crippen MR) is 110 cm³/mol. The molecule has 2 N–H and O–H groups in total. The van der Waals surface area contributed by atoms with Crippen LogP contribution in [0.4, 0.5) is 0 Å². The SMILES string of the molecule is O=C(NC1CCC(Oc2cccc3cnccc23)CC1)c1cc2n(n1)CCNC2=O. The first-order valence-corrected chi connectivity index (χ1v) is 10.3. The van der Waals surface area contributed by atoms with Crippen molar-refractivity contribution in [3.8, 4) is 5.75 Å². The van der Waals surface area contributed by atoms with Gasteiger partial charge in [-0.15, -0.1) is 0 Å². The van der Waals surface area contributed by atoms with Crippen LogP contribution in [0.15, 0.2) is 42.7 Å². The molecule has 2 aliphatic rings. The molecule has 2 amide bonds. The van der Waals surface area contributed by atoms with Crippen LogP contribution in [-0.4, -0.2) is 45.3 Å². The molecular formula is C22H23N5O3. The van der Waals surface area contributed by atoms with Gasteiger partial charge in [0.15, 0.2) is 5.69 Å². The first kappa shape index (κ1) is 18.6. The van der Waals surface area contributed by atoms with Crippen molar-refractivity contribution in [2.45, 2.75) is 44.4 Å². The number of benzene rings is 1. The molecule has 1 aromatic carbocycles. The van der Waals surface area contributed by atoms with Gasteiger partial charge in [-0.25, -0.2) is 0 Å². The Kier molecular flexibility index (Phi) is 4.82. The Balaban J connectivity index is 1.18. The second-order valence-electron chi connectivity index (χ2n) is 7.81. The number of pyridine rings is 1. The lowest BCUT2D eigenvalue weighted by Crippen LogP contribution is -2.40. The Hall–Kier alpha value is -3.42. The lowest BCUT2D eigenvalue weighted by Gasteiger charge is -2.29. The van der Waals surface area contributed by atoms with Crippen LogP contribution in [0.5, 0.6) is 5.75 Å². The number of carbonyl (C=O) groups is 2. The molecule has 0 atom stereocenters. The number of amides is 2. The third kappa shape index (κ3) is 3.60. The Morgan fingerprint density at radius 1 is 1.20 bits per heavy atom. The van der Waals surface area contributed by atoms with Crippen LogP contribution in [0.3, 0.4) is 0 Å². The average Bonchev–Trinajstić information content (AvgIpc) is 3.21. The third-order valence-corrected chi connectivity index (χ3v) is 5.80. The van der Waals surface area contributed by atoms with Crippen LogP contribution in [0.2, 0.25) is 0 Å². The Bertz CT molecular complexity index is 1100. The summed E-state index contributed by atoms with van der Waals surface area (Å²) in [4.78, 5) is 28.6. The van der Waals surface area contributed by atoms with E-state index in [1.807, 2.05) is 30.5 Å². The van der Waals surface area contributed by atoms with Gasteiger partial charge < -0.3 is 15.4 Å². The molecule has 5 rings (SSSR count). The van der Waals surface area contributed by atoms with E-state index in [-0.39, 0.29) is 24.0 Å². The maximum atomic E-state index is 12.6. The molecule has 1 aliphatic heterocycles. The summed E-state index contributed by atoms with van der Waals surface area (Å²) in [5.41, 5.74) is 0.735. The van der Waals surface area contributed by atoms with Crippen LogP contribution >= 0.6 is 0 Å². The molecule has 8 heteroatoms. The smallest absolute Gasteiger partial charge is 0.272 e. The summed E-state index contributed by atoms with van der Waals surface area (Å²) < 4.78 is 7.87. The molecule has 1 saturated carbocycles. The number of nitrogens with zero attached hydrogens (tertiary/aromatic N) is 3. The second-order valence-corrected chi connectivity index (χ2v) is 7.81. The standard InChI is InChI=1S/C22H23N5O3/c28-21(18-12-19-22(29)24-10-11-27(19)26-18)25-15-4-6-16(7-5-15)30-20-3-1-2-14-13-23-9-8-17(14)20/h1-3,8-9,12-13,15-16H,4-7,10-11H2,(H,24,29)(H,25,28). The quantitative estimate of drug-likeness (QED) is 0.694. The van der Waals surface area contributed by atoms with Gasteiger partial charge in [0.25, 0.3) is 11.8 Å². The van der Waals surface area contributed by atoms with Gasteiger partial charge in [-0.2, -0.15) is 5.10 Å². The van der Waals surface area contributed by atoms with Crippen molar-refractivity contribution in [2.75, 3.05) is 6.54 Å². The molecule has 0 bridgehead atoms. The zero-order valence-corrected chi connectivity index (χ0v) is 16.5. The van der Waals surface area contributed by atoms with Crippen molar-refractivity contribution in [2.24, 2.45) is 0 Å². The van der Waals surface area contributed by atoms with Gasteiger partial charge in [0, 0.05) is 41.8 Å². The molecule has 3 heterocycles. The summed E-state index contributed by atoms with van der Waals surface area (Å²) >= 11 is 0. The molecule has 30 heavy (non-hydrogen) atoms. The number of hydrogen-bond acceptors (Lipinski definition) is 5. The molecule has 2 aromatic heterocycles. The third-order valence-electron chi connectivity index (χ3n) is 5.80. The van der Waals surface area contributed by atoms with Crippen LogP contribution in [0.1, 0.15) is 46.7 Å². The molecular weight excluding hydrogens is 382 g/mol. The fraction of sp³-hybridized carbons (Fsp3) is 0.364. The van der Waals surface area contributed by atoms with Crippen LogP contribution in [-0.2, 0) is 6.54 Å². The highest BCUT2D eigenvalue weighted by molar-refractivity contribution is 5.98. The Labute approximate surface area is 173 Å². The lowest BCUT2D eigenvalue weighted by atomic mass is 9.92. The van der Waals surface area contributed by atoms with E-state index in [2.05, 4.69) is 20.7 Å². The van der Waals surface area contributed by atoms with Crippen LogP contribution < -0.4 is 15.4 Å². The fourth-order valence-corrected chi connectivity index (χ4v) is 4.21. The molecule has 1 aliphatic carbocycles. The average molecular weight is 405 g/mol. The van der Waals surface area contributed by atoms with Gasteiger partial charge in [0.05, 0.1) is 12.6 Å². The van der Waals surface area contributed by atoms with E-state index in [9.17, 15) is 9.59 Å². The summed E-state index contributed by atoms with van der Waals surface area (Å²) in [6.45, 7) is 1.12. The summed E-state index contributed by atoms with van der Waals surface area (Å²) in [6, 6.07) is 9.62. The molecule has 1 fully saturated rings. The number of aromatic nitrogens is 3. The van der Waals surface area contributed by atoms with Crippen molar-refractivity contribution >= 4 is 22.6 Å². The maximum absolute atomic E-state index is 12.6. The largest absolute Gasteiger partial charge is 0.490 e. The van der Waals surface area contributed by atoms with Gasteiger partial charge in [0.2, 0.25) is 0 Å². The van der Waals surface area contributed by atoms with Crippen molar-refractivity contribution < 1.29 is 14.3 Å². The minimum absolute atomic E-state index is 0.0848. The minimum Gasteiger partial charge on any atom is -0.490 e. The van der Waals surface area contributed by atoms with Gasteiger partial charge in [0.1, 0.15) is 11.4 Å². The first-order chi connectivity index (χ1) is 14.7. The van der Waals surface area contributed by atoms with E-state index >= 15 is 0 Å². The molecule has 8 nitrogen and oxygen atoms in total. The number of ether oxygens (including phenoxy) is 1. The molecule has 0 saturated heterocycles. The topological polar surface area (TPSA) is 98.1 Å². The van der Waals surface area contributed by atoms with Crippen molar-refractivity contribution in [1.29, 1.82) is 0 Å². The van der Waals surface area contributed by atoms with E-state index in [0.29, 0.717) is 24.5 Å². The van der Waals surface area contributed by atoms with E-state index in [0.717, 1.165) is 42.2 Å². The predicted octanol–water partition coefficient (Wildman–Crippen LogP) is 2.29. The summed E-state index contributed by atoms with van der Waals surface area (Å²) in [5, 5.41) is 12.2. The fourth-order valence-electron chi connectivity index (χ4n) is 4.21. The zero-order valence-electron chi connectivity index (χ0n) is 16.5. The van der Waals surface area contributed by atoms with E-state index in [4.69, 9.17) is 4.74 Å². The van der Waals surface area contributed by atoms with Crippen molar-refractivity contribution in [1.82, 2.24) is 25.4 Å². The van der Waals surface area contributed by atoms with Gasteiger partial charge in [-0.1, -0.05) is 12.1 Å². The molecule has 0 unspecified atom stereocenters. The molecule has 154 valence electrons. The Morgan fingerprint density at radius 2 is 2.07 bits per heavy atom. The number of nitrogens with one attached hydrogen (secondary N) is 2. The van der Waals surface area contributed by atoms with E-state index in [1.165, 1.54) is 0 Å². The Morgan fingerprint density at radius 3 is 2.90 bits per heavy atom. The molecule has 3 aromatic rings. The highest BCUT2D eigenvalue weighted by Gasteiger charge is 2.27. The highest BCUT2D eigenvalue weighted by Crippen LogP contribution is 2.29. The van der Waals surface area contributed by atoms with E-state index < -0.39 is 0 Å². The summed E-state index contributed by atoms with van der Waals surface area (Å²) in [7, 11) is 0. The zero-order chi connectivity index (χ0) is 20.5. The van der Waals surface area contributed by atoms with Crippen molar-refractivity contribution in [3.63, 3.8) is 0 Å². The highest BCUT2D eigenvalue weighted by atomic mass is 16.5.